The van der Waals surface area contributed by atoms with Crippen LogP contribution in [0.3, 0.4) is 0 Å². The number of Topliss-reactive ketones (excluding diaryl/α,β-unsaturated/α-hetero) is 1. The average molecular weight is 440 g/mol. The molecule has 5 heteroatoms. The largest absolute Gasteiger partial charge is 0.299 e. The van der Waals surface area contributed by atoms with Crippen molar-refractivity contribution in [2.75, 3.05) is 0 Å². The van der Waals surface area contributed by atoms with Gasteiger partial charge in [-0.1, -0.05) is 43.8 Å². The monoisotopic (exact) mass is 439 g/mol. The van der Waals surface area contributed by atoms with Crippen LogP contribution >= 0.6 is 0 Å². The van der Waals surface area contributed by atoms with Gasteiger partial charge >= 0.3 is 0 Å². The summed E-state index contributed by atoms with van der Waals surface area (Å²) in [4.78, 5) is 29.3. The number of nitrogens with zero attached hydrogens (tertiary/aromatic N) is 2. The summed E-state index contributed by atoms with van der Waals surface area (Å²) in [6.07, 6.45) is 8.56. The van der Waals surface area contributed by atoms with Crippen molar-refractivity contribution in [2.24, 2.45) is 0 Å². The quantitative estimate of drug-likeness (QED) is 0.427. The smallest absolute Gasteiger partial charge is 0.156 e. The highest BCUT2D eigenvalue weighted by Gasteiger charge is 2.46. The molecule has 33 heavy (non-hydrogen) atoms. The van der Waals surface area contributed by atoms with E-state index in [2.05, 4.69) is 27.8 Å². The lowest BCUT2D eigenvalue weighted by Gasteiger charge is -2.14. The van der Waals surface area contributed by atoms with Crippen LogP contribution < -0.4 is 0 Å². The summed E-state index contributed by atoms with van der Waals surface area (Å²) in [5.74, 6) is 0.671. The van der Waals surface area contributed by atoms with Gasteiger partial charge in [0, 0.05) is 53.2 Å². The highest BCUT2D eigenvalue weighted by atomic mass is 16.1. The molecule has 0 unspecified atom stereocenters. The van der Waals surface area contributed by atoms with Crippen LogP contribution in [0.1, 0.15) is 73.5 Å². The zero-order chi connectivity index (χ0) is 23.0. The van der Waals surface area contributed by atoms with Crippen molar-refractivity contribution in [3.8, 4) is 11.1 Å². The molecule has 0 aliphatic heterocycles. The lowest BCUT2D eigenvalue weighted by Crippen LogP contribution is -2.13. The Labute approximate surface area is 194 Å². The molecule has 2 fully saturated rings. The molecule has 0 amide bonds. The second-order valence-corrected chi connectivity index (χ2v) is 9.64. The fourth-order valence-electron chi connectivity index (χ4n) is 4.51. The Morgan fingerprint density at radius 3 is 2.48 bits per heavy atom. The van der Waals surface area contributed by atoms with Gasteiger partial charge in [0.25, 0.3) is 0 Å². The van der Waals surface area contributed by atoms with Gasteiger partial charge in [0.1, 0.15) is 5.78 Å². The standard InChI is InChI=1S/C28H29N3O2/c1-3-24(32)16-28(12-13-28)27-11-10-22(17-29-27)20-6-4-19(5-7-20)18(2)26(33)15-23-14-25(31-30-23)21-8-9-21/h3-7,10-11,14,17-18,21H,1,8-9,12-13,15-16H2,2H3,(H,30,31)/t18-/m0/s1. The number of ketones is 2. The van der Waals surface area contributed by atoms with Crippen LogP contribution in [0, 0.1) is 0 Å². The van der Waals surface area contributed by atoms with E-state index in [1.165, 1.54) is 18.9 Å². The number of carbonyl (C=O) groups excluding carboxylic acids is 2. The predicted octanol–water partition coefficient (Wildman–Crippen LogP) is 5.44. The molecule has 0 bridgehead atoms. The van der Waals surface area contributed by atoms with Crippen LogP contribution in [0.25, 0.3) is 11.1 Å². The number of carbonyl (C=O) groups is 2. The van der Waals surface area contributed by atoms with Crippen molar-refractivity contribution in [3.63, 3.8) is 0 Å². The van der Waals surface area contributed by atoms with Crippen molar-refractivity contribution in [1.29, 1.82) is 0 Å². The molecule has 0 spiro atoms. The van der Waals surface area contributed by atoms with Gasteiger partial charge in [0.2, 0.25) is 0 Å². The van der Waals surface area contributed by atoms with Gasteiger partial charge in [0.05, 0.1) is 5.69 Å². The molecule has 2 heterocycles. The summed E-state index contributed by atoms with van der Waals surface area (Å²) in [7, 11) is 0. The topological polar surface area (TPSA) is 75.7 Å². The number of benzene rings is 1. The van der Waals surface area contributed by atoms with Crippen molar-refractivity contribution >= 4 is 11.6 Å². The van der Waals surface area contributed by atoms with Gasteiger partial charge in [-0.25, -0.2) is 0 Å². The average Bonchev–Trinajstić information content (AvgIpc) is 3.78. The van der Waals surface area contributed by atoms with Crippen LogP contribution in [0.4, 0.5) is 0 Å². The second-order valence-electron chi connectivity index (χ2n) is 9.64. The minimum absolute atomic E-state index is 0.0773. The van der Waals surface area contributed by atoms with Crippen molar-refractivity contribution in [1.82, 2.24) is 15.2 Å². The van der Waals surface area contributed by atoms with Gasteiger partial charge in [-0.15, -0.1) is 0 Å². The third kappa shape index (κ3) is 4.58. The Balaban J connectivity index is 1.23. The lowest BCUT2D eigenvalue weighted by molar-refractivity contribution is -0.119. The summed E-state index contributed by atoms with van der Waals surface area (Å²) >= 11 is 0. The number of pyridine rings is 1. The number of aromatic nitrogens is 3. The molecule has 2 saturated carbocycles. The summed E-state index contributed by atoms with van der Waals surface area (Å²) in [5.41, 5.74) is 5.98. The van der Waals surface area contributed by atoms with Crippen molar-refractivity contribution in [3.05, 3.63) is 84.0 Å². The number of H-pyrrole nitrogens is 1. The first-order valence-corrected chi connectivity index (χ1v) is 11.8. The number of hydrogen-bond donors (Lipinski definition) is 1. The normalized spacial score (nSPS) is 17.4. The molecule has 0 saturated heterocycles. The Kier molecular flexibility index (Phi) is 5.57. The number of aromatic amines is 1. The lowest BCUT2D eigenvalue weighted by atomic mass is 9.92. The molecule has 0 radical (unpaired) electrons. The van der Waals surface area contributed by atoms with E-state index in [1.807, 2.05) is 49.5 Å². The zero-order valence-electron chi connectivity index (χ0n) is 19.0. The van der Waals surface area contributed by atoms with Crippen LogP contribution in [0.15, 0.2) is 61.3 Å². The number of hydrogen-bond acceptors (Lipinski definition) is 4. The molecular weight excluding hydrogens is 410 g/mol. The van der Waals surface area contributed by atoms with Crippen LogP contribution in [0.2, 0.25) is 0 Å². The highest BCUT2D eigenvalue weighted by Crippen LogP contribution is 2.50. The van der Waals surface area contributed by atoms with Gasteiger partial charge in [-0.2, -0.15) is 5.10 Å². The maximum Gasteiger partial charge on any atom is 0.156 e. The first-order chi connectivity index (χ1) is 16.0. The van der Waals surface area contributed by atoms with Crippen LogP contribution in [-0.4, -0.2) is 26.7 Å². The van der Waals surface area contributed by atoms with Crippen LogP contribution in [0.5, 0.6) is 0 Å². The van der Waals surface area contributed by atoms with E-state index in [-0.39, 0.29) is 22.9 Å². The number of rotatable bonds is 10. The molecule has 5 rings (SSSR count). The Morgan fingerprint density at radius 2 is 1.88 bits per heavy atom. The molecule has 3 aromatic rings. The number of nitrogens with one attached hydrogen (secondary N) is 1. The maximum atomic E-state index is 12.8. The van der Waals surface area contributed by atoms with E-state index in [9.17, 15) is 9.59 Å². The zero-order valence-corrected chi connectivity index (χ0v) is 19.0. The third-order valence-electron chi connectivity index (χ3n) is 7.14. The fourth-order valence-corrected chi connectivity index (χ4v) is 4.51. The number of allylic oxidation sites excluding steroid dienone is 1. The molecule has 1 aromatic carbocycles. The summed E-state index contributed by atoms with van der Waals surface area (Å²) in [5, 5.41) is 7.37. The minimum Gasteiger partial charge on any atom is -0.299 e. The molecule has 2 aliphatic rings. The van der Waals surface area contributed by atoms with E-state index in [4.69, 9.17) is 0 Å². The summed E-state index contributed by atoms with van der Waals surface area (Å²) in [6, 6.07) is 14.3. The van der Waals surface area contributed by atoms with E-state index in [0.29, 0.717) is 18.8 Å². The molecule has 5 nitrogen and oxygen atoms in total. The van der Waals surface area contributed by atoms with Gasteiger partial charge in [-0.05, 0) is 55.0 Å². The summed E-state index contributed by atoms with van der Waals surface area (Å²) < 4.78 is 0. The highest BCUT2D eigenvalue weighted by molar-refractivity contribution is 5.90. The van der Waals surface area contributed by atoms with E-state index in [1.54, 1.807) is 0 Å². The van der Waals surface area contributed by atoms with Crippen LogP contribution in [-0.2, 0) is 21.4 Å². The van der Waals surface area contributed by atoms with Gasteiger partial charge in [-0.3, -0.25) is 19.7 Å². The van der Waals surface area contributed by atoms with Crippen molar-refractivity contribution < 1.29 is 9.59 Å². The molecule has 2 aliphatic carbocycles. The minimum atomic E-state index is -0.177. The third-order valence-corrected chi connectivity index (χ3v) is 7.14. The second kappa shape index (κ2) is 8.54. The Bertz CT molecular complexity index is 1180. The van der Waals surface area contributed by atoms with E-state index in [0.717, 1.165) is 46.6 Å². The first-order valence-electron chi connectivity index (χ1n) is 11.8. The Morgan fingerprint density at radius 1 is 1.15 bits per heavy atom. The van der Waals surface area contributed by atoms with Crippen molar-refractivity contribution in [2.45, 2.75) is 62.7 Å². The van der Waals surface area contributed by atoms with E-state index >= 15 is 0 Å². The molecule has 168 valence electrons. The first kappa shape index (κ1) is 21.5. The Hall–Kier alpha value is -3.34. The SMILES string of the molecule is C=CC(=O)CC1(c2ccc(-c3ccc([C@H](C)C(=O)Cc4cc(C5CC5)n[nH]4)cc3)cn2)CC1. The maximum absolute atomic E-state index is 12.8. The molecule has 1 atom stereocenters. The van der Waals surface area contributed by atoms with E-state index < -0.39 is 0 Å². The van der Waals surface area contributed by atoms with Gasteiger partial charge < -0.3 is 0 Å². The fraction of sp³-hybridized carbons (Fsp3) is 0.357. The summed E-state index contributed by atoms with van der Waals surface area (Å²) in [6.45, 7) is 5.55. The molecule has 2 aromatic heterocycles. The predicted molar refractivity (Wildman–Crippen MR) is 128 cm³/mol. The van der Waals surface area contributed by atoms with Gasteiger partial charge in [0.15, 0.2) is 5.78 Å². The molecular formula is C28H29N3O2. The molecule has 1 N–H and O–H groups in total.